The molecule has 144 valence electrons. The maximum absolute atomic E-state index is 12.2. The Morgan fingerprint density at radius 1 is 0.786 bits per heavy atom. The second-order valence-electron chi connectivity index (χ2n) is 7.11. The van der Waals surface area contributed by atoms with Crippen molar-refractivity contribution in [3.63, 3.8) is 0 Å². The van der Waals surface area contributed by atoms with Crippen LogP contribution in [-0.4, -0.2) is 5.78 Å². The van der Waals surface area contributed by atoms with E-state index in [0.717, 1.165) is 22.4 Å². The van der Waals surface area contributed by atoms with E-state index < -0.39 is 0 Å². The Morgan fingerprint density at radius 3 is 1.82 bits per heavy atom. The highest BCUT2D eigenvalue weighted by atomic mass is 16.5. The van der Waals surface area contributed by atoms with Gasteiger partial charge in [0.1, 0.15) is 24.7 Å². The number of carbonyl (C=O) groups is 1. The normalized spacial score (nSPS) is 10.7. The molecule has 0 spiro atoms. The van der Waals surface area contributed by atoms with Crippen LogP contribution >= 0.6 is 0 Å². The minimum Gasteiger partial charge on any atom is -0.488 e. The topological polar surface area (TPSA) is 35.5 Å². The van der Waals surface area contributed by atoms with Crippen LogP contribution in [-0.2, 0) is 13.2 Å². The molecule has 3 heteroatoms. The Balaban J connectivity index is 1.93. The molecule has 0 saturated heterocycles. The third kappa shape index (κ3) is 4.80. The van der Waals surface area contributed by atoms with Gasteiger partial charge >= 0.3 is 0 Å². The number of ketones is 1. The van der Waals surface area contributed by atoms with Crippen molar-refractivity contribution in [1.29, 1.82) is 0 Å². The molecule has 0 amide bonds. The van der Waals surface area contributed by atoms with Crippen LogP contribution in [0.1, 0.15) is 53.7 Å². The van der Waals surface area contributed by atoms with Crippen molar-refractivity contribution >= 4 is 5.78 Å². The molecule has 3 rings (SSSR count). The summed E-state index contributed by atoms with van der Waals surface area (Å²) >= 11 is 0. The number of Topliss-reactive ketones (excluding diaryl/α,β-unsaturated/α-hetero) is 1. The minimum atomic E-state index is -0.0143. The highest BCUT2D eigenvalue weighted by Gasteiger charge is 2.21. The van der Waals surface area contributed by atoms with Crippen LogP contribution < -0.4 is 9.47 Å². The zero-order valence-electron chi connectivity index (χ0n) is 16.6. The SMILES string of the molecule is CC(=O)c1ccc(OCc2ccccc2)c(C(C)C)c1OCc1ccccc1. The predicted molar refractivity (Wildman–Crippen MR) is 112 cm³/mol. The van der Waals surface area contributed by atoms with E-state index >= 15 is 0 Å². The summed E-state index contributed by atoms with van der Waals surface area (Å²) in [6.45, 7) is 6.62. The average Bonchev–Trinajstić information content (AvgIpc) is 2.71. The summed E-state index contributed by atoms with van der Waals surface area (Å²) in [4.78, 5) is 12.2. The Hall–Kier alpha value is -3.07. The highest BCUT2D eigenvalue weighted by molar-refractivity contribution is 5.97. The van der Waals surface area contributed by atoms with Gasteiger partial charge in [0, 0.05) is 5.56 Å². The van der Waals surface area contributed by atoms with Gasteiger partial charge in [0.05, 0.1) is 5.56 Å². The maximum Gasteiger partial charge on any atom is 0.163 e. The lowest BCUT2D eigenvalue weighted by Crippen LogP contribution is -2.08. The Morgan fingerprint density at radius 2 is 1.32 bits per heavy atom. The van der Waals surface area contributed by atoms with E-state index in [2.05, 4.69) is 13.8 Å². The fourth-order valence-electron chi connectivity index (χ4n) is 3.15. The molecule has 0 aromatic heterocycles. The Labute approximate surface area is 166 Å². The second-order valence-corrected chi connectivity index (χ2v) is 7.11. The summed E-state index contributed by atoms with van der Waals surface area (Å²) in [5, 5.41) is 0. The van der Waals surface area contributed by atoms with Gasteiger partial charge in [-0.15, -0.1) is 0 Å². The summed E-state index contributed by atoms with van der Waals surface area (Å²) in [5.74, 6) is 1.51. The molecule has 0 bridgehead atoms. The molecule has 3 nitrogen and oxygen atoms in total. The van der Waals surface area contributed by atoms with E-state index in [1.807, 2.05) is 66.7 Å². The van der Waals surface area contributed by atoms with Crippen LogP contribution in [0.4, 0.5) is 0 Å². The van der Waals surface area contributed by atoms with E-state index in [1.165, 1.54) is 0 Å². The first-order valence-electron chi connectivity index (χ1n) is 9.57. The second kappa shape index (κ2) is 9.23. The van der Waals surface area contributed by atoms with Gasteiger partial charge in [0.2, 0.25) is 0 Å². The lowest BCUT2D eigenvalue weighted by Gasteiger charge is -2.21. The zero-order chi connectivity index (χ0) is 19.9. The van der Waals surface area contributed by atoms with Gasteiger partial charge in [0.25, 0.3) is 0 Å². The molecule has 0 N–H and O–H groups in total. The predicted octanol–water partition coefficient (Wildman–Crippen LogP) is 6.17. The first-order valence-corrected chi connectivity index (χ1v) is 9.57. The monoisotopic (exact) mass is 374 g/mol. The molecule has 0 saturated carbocycles. The summed E-state index contributed by atoms with van der Waals surface area (Å²) < 4.78 is 12.3. The Kier molecular flexibility index (Phi) is 6.49. The molecule has 0 heterocycles. The number of ether oxygens (including phenoxy) is 2. The quantitative estimate of drug-likeness (QED) is 0.442. The van der Waals surface area contributed by atoms with E-state index in [0.29, 0.717) is 24.5 Å². The number of hydrogen-bond acceptors (Lipinski definition) is 3. The van der Waals surface area contributed by atoms with Gasteiger partial charge in [-0.25, -0.2) is 0 Å². The third-order valence-electron chi connectivity index (χ3n) is 4.58. The molecule has 3 aromatic carbocycles. The molecule has 0 aliphatic rings. The summed E-state index contributed by atoms with van der Waals surface area (Å²) in [6, 6.07) is 23.7. The largest absolute Gasteiger partial charge is 0.488 e. The molecule has 0 radical (unpaired) electrons. The lowest BCUT2D eigenvalue weighted by molar-refractivity contribution is 0.101. The van der Waals surface area contributed by atoms with E-state index in [4.69, 9.17) is 9.47 Å². The van der Waals surface area contributed by atoms with Crippen molar-refractivity contribution in [1.82, 2.24) is 0 Å². The van der Waals surface area contributed by atoms with Crippen molar-refractivity contribution < 1.29 is 14.3 Å². The van der Waals surface area contributed by atoms with Gasteiger partial charge in [-0.1, -0.05) is 74.5 Å². The number of rotatable bonds is 8. The van der Waals surface area contributed by atoms with Crippen LogP contribution in [0.3, 0.4) is 0 Å². The van der Waals surface area contributed by atoms with Crippen LogP contribution in [0.2, 0.25) is 0 Å². The fraction of sp³-hybridized carbons (Fsp3) is 0.240. The smallest absolute Gasteiger partial charge is 0.163 e. The molecule has 0 aliphatic carbocycles. The van der Waals surface area contributed by atoms with Crippen molar-refractivity contribution in [2.24, 2.45) is 0 Å². The molecule has 0 fully saturated rings. The Bertz CT molecular complexity index is 915. The van der Waals surface area contributed by atoms with Gasteiger partial charge in [0.15, 0.2) is 5.78 Å². The van der Waals surface area contributed by atoms with E-state index in [9.17, 15) is 4.79 Å². The van der Waals surface area contributed by atoms with Crippen molar-refractivity contribution in [3.8, 4) is 11.5 Å². The average molecular weight is 374 g/mol. The maximum atomic E-state index is 12.2. The van der Waals surface area contributed by atoms with Crippen LogP contribution in [0.5, 0.6) is 11.5 Å². The molecule has 3 aromatic rings. The fourth-order valence-corrected chi connectivity index (χ4v) is 3.15. The van der Waals surface area contributed by atoms with Crippen LogP contribution in [0.25, 0.3) is 0 Å². The molecule has 0 atom stereocenters. The van der Waals surface area contributed by atoms with E-state index in [1.54, 1.807) is 13.0 Å². The summed E-state index contributed by atoms with van der Waals surface area (Å²) in [5.41, 5.74) is 3.67. The lowest BCUT2D eigenvalue weighted by atomic mass is 9.96. The van der Waals surface area contributed by atoms with Crippen LogP contribution in [0, 0.1) is 0 Å². The van der Waals surface area contributed by atoms with Crippen molar-refractivity contribution in [2.45, 2.75) is 39.9 Å². The number of benzene rings is 3. The third-order valence-corrected chi connectivity index (χ3v) is 4.58. The molecular weight excluding hydrogens is 348 g/mol. The van der Waals surface area contributed by atoms with Gasteiger partial charge in [-0.2, -0.15) is 0 Å². The van der Waals surface area contributed by atoms with Gasteiger partial charge in [-0.05, 0) is 36.1 Å². The number of carbonyl (C=O) groups excluding carboxylic acids is 1. The highest BCUT2D eigenvalue weighted by Crippen LogP contribution is 2.39. The zero-order valence-corrected chi connectivity index (χ0v) is 16.6. The summed E-state index contributed by atoms with van der Waals surface area (Å²) in [7, 11) is 0. The first-order chi connectivity index (χ1) is 13.6. The summed E-state index contributed by atoms with van der Waals surface area (Å²) in [6.07, 6.45) is 0. The minimum absolute atomic E-state index is 0.0143. The van der Waals surface area contributed by atoms with Crippen LogP contribution in [0.15, 0.2) is 72.8 Å². The molecular formula is C25H26O3. The molecule has 28 heavy (non-hydrogen) atoms. The van der Waals surface area contributed by atoms with Gasteiger partial charge in [-0.3, -0.25) is 4.79 Å². The standard InChI is InChI=1S/C25H26O3/c1-18(2)24-23(27-16-20-10-6-4-7-11-20)15-14-22(19(3)26)25(24)28-17-21-12-8-5-9-13-21/h4-15,18H,16-17H2,1-3H3. The van der Waals surface area contributed by atoms with Gasteiger partial charge < -0.3 is 9.47 Å². The first kappa shape index (κ1) is 19.7. The number of hydrogen-bond donors (Lipinski definition) is 0. The van der Waals surface area contributed by atoms with Crippen molar-refractivity contribution in [2.75, 3.05) is 0 Å². The molecule has 0 unspecified atom stereocenters. The van der Waals surface area contributed by atoms with Crippen molar-refractivity contribution in [3.05, 3.63) is 95.1 Å². The van der Waals surface area contributed by atoms with E-state index in [-0.39, 0.29) is 11.7 Å². The molecule has 0 aliphatic heterocycles.